The van der Waals surface area contributed by atoms with Crippen LogP contribution in [0.4, 0.5) is 0 Å². The van der Waals surface area contributed by atoms with Crippen LogP contribution in [0.25, 0.3) is 11.3 Å². The molecule has 7 nitrogen and oxygen atoms in total. The van der Waals surface area contributed by atoms with Gasteiger partial charge in [0.05, 0.1) is 10.6 Å². The predicted molar refractivity (Wildman–Crippen MR) is 93.2 cm³/mol. The van der Waals surface area contributed by atoms with E-state index in [1.54, 1.807) is 18.2 Å². The van der Waals surface area contributed by atoms with Crippen LogP contribution in [0.15, 0.2) is 46.6 Å². The zero-order valence-corrected chi connectivity index (χ0v) is 15.4. The molecule has 1 saturated heterocycles. The van der Waals surface area contributed by atoms with Gasteiger partial charge >= 0.3 is 0 Å². The topological polar surface area (TPSA) is 97.3 Å². The fourth-order valence-electron chi connectivity index (χ4n) is 2.73. The first-order chi connectivity index (χ1) is 11.8. The molecule has 0 radical (unpaired) electrons. The third-order valence-electron chi connectivity index (χ3n) is 4.07. The molecule has 2 heterocycles. The van der Waals surface area contributed by atoms with Gasteiger partial charge in [-0.05, 0) is 31.0 Å². The first-order valence-corrected chi connectivity index (χ1v) is 11.3. The Morgan fingerprint density at radius 1 is 0.920 bits per heavy atom. The molecule has 1 fully saturated rings. The molecular formula is C16H19N3O4S2. The highest BCUT2D eigenvalue weighted by Gasteiger charge is 2.25. The molecule has 1 aliphatic heterocycles. The van der Waals surface area contributed by atoms with Crippen LogP contribution in [0.5, 0.6) is 0 Å². The minimum absolute atomic E-state index is 0.232. The van der Waals surface area contributed by atoms with Crippen LogP contribution in [0.1, 0.15) is 19.3 Å². The summed E-state index contributed by atoms with van der Waals surface area (Å²) in [5, 5.41) is -0.255. The molecule has 0 atom stereocenters. The molecule has 0 saturated carbocycles. The average Bonchev–Trinajstić information content (AvgIpc) is 2.62. The molecule has 1 aromatic heterocycles. The van der Waals surface area contributed by atoms with Gasteiger partial charge in [0.2, 0.25) is 25.0 Å². The molecule has 0 aliphatic carbocycles. The van der Waals surface area contributed by atoms with Crippen molar-refractivity contribution in [1.82, 2.24) is 14.3 Å². The SMILES string of the molecule is CS(=O)(=O)c1nccc(-c2ccc(S(=O)(=O)N3CCCCC3)cc2)n1. The van der Waals surface area contributed by atoms with Gasteiger partial charge < -0.3 is 0 Å². The largest absolute Gasteiger partial charge is 0.247 e. The van der Waals surface area contributed by atoms with Crippen LogP contribution in [-0.4, -0.2) is 50.5 Å². The fourth-order valence-corrected chi connectivity index (χ4v) is 4.77. The quantitative estimate of drug-likeness (QED) is 0.748. The van der Waals surface area contributed by atoms with Crippen molar-refractivity contribution in [2.45, 2.75) is 29.3 Å². The summed E-state index contributed by atoms with van der Waals surface area (Å²) in [6.07, 6.45) is 5.23. The molecule has 134 valence electrons. The monoisotopic (exact) mass is 381 g/mol. The number of rotatable bonds is 4. The Labute approximate surface area is 147 Å². The van der Waals surface area contributed by atoms with Crippen molar-refractivity contribution in [2.75, 3.05) is 19.3 Å². The molecule has 1 aromatic carbocycles. The van der Waals surface area contributed by atoms with Crippen LogP contribution >= 0.6 is 0 Å². The van der Waals surface area contributed by atoms with Gasteiger partial charge in [-0.15, -0.1) is 0 Å². The third-order valence-corrected chi connectivity index (χ3v) is 6.84. The summed E-state index contributed by atoms with van der Waals surface area (Å²) in [4.78, 5) is 8.02. The highest BCUT2D eigenvalue weighted by atomic mass is 32.2. The molecule has 0 amide bonds. The molecule has 1 aliphatic rings. The van der Waals surface area contributed by atoms with E-state index in [1.165, 1.54) is 22.6 Å². The van der Waals surface area contributed by atoms with Crippen LogP contribution < -0.4 is 0 Å². The molecule has 3 rings (SSSR count). The first kappa shape index (κ1) is 18.0. The second-order valence-corrected chi connectivity index (χ2v) is 9.83. The van der Waals surface area contributed by atoms with Gasteiger partial charge in [-0.3, -0.25) is 0 Å². The van der Waals surface area contributed by atoms with Crippen molar-refractivity contribution in [2.24, 2.45) is 0 Å². The van der Waals surface area contributed by atoms with E-state index >= 15 is 0 Å². The lowest BCUT2D eigenvalue weighted by Gasteiger charge is -2.25. The minimum Gasteiger partial charge on any atom is -0.227 e. The molecule has 25 heavy (non-hydrogen) atoms. The van der Waals surface area contributed by atoms with E-state index in [1.807, 2.05) is 0 Å². The van der Waals surface area contributed by atoms with Gasteiger partial charge in [-0.2, -0.15) is 4.31 Å². The lowest BCUT2D eigenvalue weighted by atomic mass is 10.1. The van der Waals surface area contributed by atoms with Crippen molar-refractivity contribution in [3.8, 4) is 11.3 Å². The van der Waals surface area contributed by atoms with E-state index in [-0.39, 0.29) is 10.1 Å². The van der Waals surface area contributed by atoms with Crippen LogP contribution in [0.2, 0.25) is 0 Å². The highest BCUT2D eigenvalue weighted by molar-refractivity contribution is 7.90. The summed E-state index contributed by atoms with van der Waals surface area (Å²) >= 11 is 0. The summed E-state index contributed by atoms with van der Waals surface area (Å²) in [5.74, 6) is 0. The molecule has 9 heteroatoms. The summed E-state index contributed by atoms with van der Waals surface area (Å²) in [5.41, 5.74) is 1.06. The number of sulfonamides is 1. The van der Waals surface area contributed by atoms with Gasteiger partial charge in [0.1, 0.15) is 0 Å². The van der Waals surface area contributed by atoms with Crippen molar-refractivity contribution in [3.63, 3.8) is 0 Å². The Balaban J connectivity index is 1.90. The molecule has 0 N–H and O–H groups in total. The van der Waals surface area contributed by atoms with E-state index in [2.05, 4.69) is 9.97 Å². The zero-order valence-electron chi connectivity index (χ0n) is 13.8. The van der Waals surface area contributed by atoms with Crippen LogP contribution in [-0.2, 0) is 19.9 Å². The summed E-state index contributed by atoms with van der Waals surface area (Å²) < 4.78 is 49.9. The minimum atomic E-state index is -3.50. The van der Waals surface area contributed by atoms with Crippen molar-refractivity contribution in [1.29, 1.82) is 0 Å². The van der Waals surface area contributed by atoms with Gasteiger partial charge in [0.15, 0.2) is 0 Å². The maximum Gasteiger partial charge on any atom is 0.247 e. The molecule has 2 aromatic rings. The fraction of sp³-hybridized carbons (Fsp3) is 0.375. The van der Waals surface area contributed by atoms with Crippen molar-refractivity contribution >= 4 is 19.9 Å². The Hall–Kier alpha value is -1.84. The molecule has 0 unspecified atom stereocenters. The number of piperidine rings is 1. The number of benzene rings is 1. The number of aromatic nitrogens is 2. The summed E-state index contributed by atoms with van der Waals surface area (Å²) in [7, 11) is -6.99. The molecule has 0 bridgehead atoms. The maximum atomic E-state index is 12.6. The lowest BCUT2D eigenvalue weighted by molar-refractivity contribution is 0.346. The second-order valence-electron chi connectivity index (χ2n) is 5.99. The Morgan fingerprint density at radius 3 is 2.16 bits per heavy atom. The lowest BCUT2D eigenvalue weighted by Crippen LogP contribution is -2.35. The number of sulfone groups is 1. The number of nitrogens with zero attached hydrogens (tertiary/aromatic N) is 3. The van der Waals surface area contributed by atoms with Gasteiger partial charge in [0, 0.05) is 31.1 Å². The second kappa shape index (κ2) is 6.81. The summed E-state index contributed by atoms with van der Waals surface area (Å²) in [6, 6.07) is 7.91. The van der Waals surface area contributed by atoms with E-state index in [0.717, 1.165) is 25.5 Å². The van der Waals surface area contributed by atoms with E-state index in [0.29, 0.717) is 24.3 Å². The molecule has 0 spiro atoms. The van der Waals surface area contributed by atoms with E-state index < -0.39 is 19.9 Å². The normalized spacial score (nSPS) is 16.7. The highest BCUT2D eigenvalue weighted by Crippen LogP contribution is 2.24. The Bertz CT molecular complexity index is 965. The zero-order chi connectivity index (χ0) is 18.1. The Kier molecular flexibility index (Phi) is 4.90. The average molecular weight is 381 g/mol. The number of hydrogen-bond acceptors (Lipinski definition) is 6. The van der Waals surface area contributed by atoms with Crippen LogP contribution in [0, 0.1) is 0 Å². The smallest absolute Gasteiger partial charge is 0.227 e. The summed E-state index contributed by atoms with van der Waals surface area (Å²) in [6.45, 7) is 1.10. The van der Waals surface area contributed by atoms with Crippen LogP contribution in [0.3, 0.4) is 0 Å². The predicted octanol–water partition coefficient (Wildman–Crippen LogP) is 1.72. The van der Waals surface area contributed by atoms with Crippen molar-refractivity contribution in [3.05, 3.63) is 36.5 Å². The Morgan fingerprint density at radius 2 is 1.56 bits per heavy atom. The van der Waals surface area contributed by atoms with Gasteiger partial charge in [0.25, 0.3) is 0 Å². The molecular weight excluding hydrogens is 362 g/mol. The van der Waals surface area contributed by atoms with E-state index in [4.69, 9.17) is 0 Å². The maximum absolute atomic E-state index is 12.6. The van der Waals surface area contributed by atoms with E-state index in [9.17, 15) is 16.8 Å². The van der Waals surface area contributed by atoms with Gasteiger partial charge in [-0.1, -0.05) is 18.6 Å². The standard InChI is InChI=1S/C16H19N3O4S2/c1-24(20,21)16-17-10-9-15(18-16)13-5-7-14(8-6-13)25(22,23)19-11-3-2-4-12-19/h5-10H,2-4,11-12H2,1H3. The van der Waals surface area contributed by atoms with Gasteiger partial charge in [-0.25, -0.2) is 26.8 Å². The third kappa shape index (κ3) is 3.88. The van der Waals surface area contributed by atoms with Crippen molar-refractivity contribution < 1.29 is 16.8 Å². The first-order valence-electron chi connectivity index (χ1n) is 7.92. The number of hydrogen-bond donors (Lipinski definition) is 0.